The van der Waals surface area contributed by atoms with Gasteiger partial charge in [-0.05, 0) is 78.6 Å². The monoisotopic (exact) mass is 594 g/mol. The zero-order valence-corrected chi connectivity index (χ0v) is 25.1. The van der Waals surface area contributed by atoms with Gasteiger partial charge in [-0.3, -0.25) is 4.79 Å². The van der Waals surface area contributed by atoms with Gasteiger partial charge in [0.2, 0.25) is 0 Å². The standard InChI is InChI=1S/C18H18O4.C18H16O4/c2*1-21-12-16-15(11-17(16)19)6-4-3-5-13-7-9-14(10-8-13)18(20)22-2/h7-10,15-17,19H,11-12H2,1-2H3;7-10,15-16H,11-12H2,1-2H3/t15-,16+,17?;15-,16+/m00/s1. The maximum atomic E-state index is 11.4. The molecule has 0 amide bonds. The number of ether oxygens (including phenoxy) is 4. The molecule has 2 aliphatic rings. The predicted molar refractivity (Wildman–Crippen MR) is 163 cm³/mol. The van der Waals surface area contributed by atoms with E-state index >= 15 is 0 Å². The minimum Gasteiger partial charge on any atom is -0.465 e. The number of aliphatic hydroxyl groups excluding tert-OH is 1. The second-order valence-electron chi connectivity index (χ2n) is 10.0. The number of methoxy groups -OCH3 is 4. The van der Waals surface area contributed by atoms with Crippen molar-refractivity contribution in [2.24, 2.45) is 23.7 Å². The molecule has 226 valence electrons. The first-order chi connectivity index (χ1) is 21.3. The fourth-order valence-corrected chi connectivity index (χ4v) is 4.46. The molecule has 1 N–H and O–H groups in total. The molecule has 2 aromatic rings. The average Bonchev–Trinajstić information content (AvgIpc) is 3.05. The van der Waals surface area contributed by atoms with Crippen molar-refractivity contribution in [1.29, 1.82) is 0 Å². The van der Waals surface area contributed by atoms with Gasteiger partial charge in [-0.1, -0.05) is 23.7 Å². The minimum absolute atomic E-state index is 0.0449. The molecular weight excluding hydrogens is 560 g/mol. The Kier molecular flexibility index (Phi) is 13.3. The summed E-state index contributed by atoms with van der Waals surface area (Å²) in [5.74, 6) is 22.6. The zero-order valence-electron chi connectivity index (χ0n) is 25.1. The highest BCUT2D eigenvalue weighted by atomic mass is 16.5. The summed E-state index contributed by atoms with van der Waals surface area (Å²) in [6.07, 6.45) is 0.839. The highest BCUT2D eigenvalue weighted by Crippen LogP contribution is 2.34. The summed E-state index contributed by atoms with van der Waals surface area (Å²) in [6, 6.07) is 13.6. The van der Waals surface area contributed by atoms with Gasteiger partial charge in [0.15, 0.2) is 0 Å². The van der Waals surface area contributed by atoms with Crippen LogP contribution < -0.4 is 0 Å². The van der Waals surface area contributed by atoms with E-state index < -0.39 is 0 Å². The summed E-state index contributed by atoms with van der Waals surface area (Å²) < 4.78 is 19.3. The molecule has 2 saturated carbocycles. The Morgan fingerprint density at radius 1 is 0.727 bits per heavy atom. The van der Waals surface area contributed by atoms with E-state index in [2.05, 4.69) is 56.8 Å². The van der Waals surface area contributed by atoms with Gasteiger partial charge in [0, 0.05) is 49.5 Å². The zero-order chi connectivity index (χ0) is 31.9. The van der Waals surface area contributed by atoms with Crippen molar-refractivity contribution in [2.45, 2.75) is 18.9 Å². The van der Waals surface area contributed by atoms with E-state index in [-0.39, 0.29) is 47.5 Å². The molecular formula is C36H34O8. The van der Waals surface area contributed by atoms with Crippen LogP contribution in [0.1, 0.15) is 44.7 Å². The van der Waals surface area contributed by atoms with Crippen LogP contribution in [-0.2, 0) is 23.7 Å². The lowest BCUT2D eigenvalue weighted by molar-refractivity contribution is -0.134. The van der Waals surface area contributed by atoms with E-state index in [0.717, 1.165) is 11.1 Å². The van der Waals surface area contributed by atoms with E-state index in [0.29, 0.717) is 37.2 Å². The molecule has 2 aliphatic carbocycles. The van der Waals surface area contributed by atoms with Gasteiger partial charge in [0.1, 0.15) is 5.78 Å². The summed E-state index contributed by atoms with van der Waals surface area (Å²) in [5.41, 5.74) is 2.52. The second kappa shape index (κ2) is 17.3. The van der Waals surface area contributed by atoms with Crippen LogP contribution >= 0.6 is 0 Å². The van der Waals surface area contributed by atoms with Gasteiger partial charge in [0.05, 0.1) is 50.6 Å². The fraction of sp³-hybridized carbons (Fsp3) is 0.361. The van der Waals surface area contributed by atoms with Gasteiger partial charge in [-0.25, -0.2) is 9.59 Å². The normalized spacial score (nSPS) is 20.8. The Hall–Kier alpha value is -4.83. The lowest BCUT2D eigenvalue weighted by Crippen LogP contribution is -2.43. The number of Topliss-reactive ketones (excluding diaryl/α,β-unsaturated/α-hetero) is 1. The molecule has 8 nitrogen and oxygen atoms in total. The summed E-state index contributed by atoms with van der Waals surface area (Å²) in [6.45, 7) is 0.934. The molecule has 0 saturated heterocycles. The Morgan fingerprint density at radius 2 is 1.20 bits per heavy atom. The highest BCUT2D eigenvalue weighted by molar-refractivity contribution is 5.90. The molecule has 1 unspecified atom stereocenters. The molecule has 2 aromatic carbocycles. The first-order valence-corrected chi connectivity index (χ1v) is 13.9. The van der Waals surface area contributed by atoms with E-state index in [9.17, 15) is 19.5 Å². The maximum Gasteiger partial charge on any atom is 0.337 e. The Balaban J connectivity index is 0.000000240. The Morgan fingerprint density at radius 3 is 1.61 bits per heavy atom. The lowest BCUT2D eigenvalue weighted by Gasteiger charge is -2.37. The van der Waals surface area contributed by atoms with Crippen molar-refractivity contribution in [3.63, 3.8) is 0 Å². The van der Waals surface area contributed by atoms with E-state index in [4.69, 9.17) is 9.47 Å². The number of rotatable bonds is 6. The van der Waals surface area contributed by atoms with Crippen molar-refractivity contribution in [3.8, 4) is 47.4 Å². The molecule has 5 atom stereocenters. The number of benzene rings is 2. The van der Waals surface area contributed by atoms with Crippen LogP contribution in [0.2, 0.25) is 0 Å². The van der Waals surface area contributed by atoms with Crippen LogP contribution in [0.5, 0.6) is 0 Å². The van der Waals surface area contributed by atoms with E-state index in [1.54, 1.807) is 62.8 Å². The summed E-state index contributed by atoms with van der Waals surface area (Å²) >= 11 is 0. The third kappa shape index (κ3) is 9.60. The van der Waals surface area contributed by atoms with Crippen LogP contribution in [0.25, 0.3) is 0 Å². The molecule has 2 fully saturated rings. The van der Waals surface area contributed by atoms with Gasteiger partial charge in [0.25, 0.3) is 0 Å². The molecule has 0 spiro atoms. The van der Waals surface area contributed by atoms with Gasteiger partial charge in [-0.2, -0.15) is 0 Å². The number of esters is 2. The summed E-state index contributed by atoms with van der Waals surface area (Å²) in [5, 5.41) is 9.61. The molecule has 0 heterocycles. The first-order valence-electron chi connectivity index (χ1n) is 13.9. The number of aliphatic hydroxyl groups is 1. The topological polar surface area (TPSA) is 108 Å². The average molecular weight is 595 g/mol. The van der Waals surface area contributed by atoms with Gasteiger partial charge < -0.3 is 24.1 Å². The molecule has 0 bridgehead atoms. The second-order valence-corrected chi connectivity index (χ2v) is 10.0. The largest absolute Gasteiger partial charge is 0.465 e. The fourth-order valence-electron chi connectivity index (χ4n) is 4.46. The van der Waals surface area contributed by atoms with Crippen LogP contribution in [-0.4, -0.2) is 70.6 Å². The van der Waals surface area contributed by atoms with Crippen LogP contribution in [0.15, 0.2) is 48.5 Å². The van der Waals surface area contributed by atoms with Gasteiger partial charge >= 0.3 is 11.9 Å². The Labute approximate surface area is 258 Å². The van der Waals surface area contributed by atoms with E-state index in [1.165, 1.54) is 14.2 Å². The predicted octanol–water partition coefficient (Wildman–Crippen LogP) is 3.15. The summed E-state index contributed by atoms with van der Waals surface area (Å²) in [7, 11) is 5.88. The third-order valence-electron chi connectivity index (χ3n) is 7.20. The number of carbonyl (C=O) groups is 3. The molecule has 0 aromatic heterocycles. The number of hydrogen-bond donors (Lipinski definition) is 1. The number of ketones is 1. The quantitative estimate of drug-likeness (QED) is 0.402. The third-order valence-corrected chi connectivity index (χ3v) is 7.20. The highest BCUT2D eigenvalue weighted by Gasteiger charge is 2.39. The summed E-state index contributed by atoms with van der Waals surface area (Å²) in [4.78, 5) is 34.0. The van der Waals surface area contributed by atoms with Crippen LogP contribution in [0.4, 0.5) is 0 Å². The van der Waals surface area contributed by atoms with E-state index in [1.807, 2.05) is 0 Å². The molecule has 4 rings (SSSR count). The molecule has 0 radical (unpaired) electrons. The maximum absolute atomic E-state index is 11.4. The molecule has 8 heteroatoms. The van der Waals surface area contributed by atoms with Crippen molar-refractivity contribution >= 4 is 17.7 Å². The smallest absolute Gasteiger partial charge is 0.337 e. The Bertz CT molecular complexity index is 1560. The minimum atomic E-state index is -0.377. The van der Waals surface area contributed by atoms with Crippen molar-refractivity contribution in [2.75, 3.05) is 41.7 Å². The number of carbonyl (C=O) groups excluding carboxylic acids is 3. The van der Waals surface area contributed by atoms with Crippen molar-refractivity contribution in [1.82, 2.24) is 0 Å². The first kappa shape index (κ1) is 33.7. The molecule has 0 aliphatic heterocycles. The molecule has 44 heavy (non-hydrogen) atoms. The van der Waals surface area contributed by atoms with Crippen molar-refractivity contribution in [3.05, 3.63) is 70.8 Å². The van der Waals surface area contributed by atoms with Crippen LogP contribution in [0.3, 0.4) is 0 Å². The van der Waals surface area contributed by atoms with Crippen molar-refractivity contribution < 1.29 is 38.4 Å². The van der Waals surface area contributed by atoms with Gasteiger partial charge in [-0.15, -0.1) is 0 Å². The SMILES string of the molecule is COC[C@H]1C(=O)C[C@@H]1C#CC#Cc1ccc(C(=O)OC)cc1.COC[C@H]1C(O)C[C@@H]1C#CC#Cc1ccc(C(=O)OC)cc1. The lowest BCUT2D eigenvalue weighted by atomic mass is 9.72. The number of hydrogen-bond acceptors (Lipinski definition) is 8. The van der Waals surface area contributed by atoms with Crippen LogP contribution in [0, 0.1) is 71.0 Å².